The summed E-state index contributed by atoms with van der Waals surface area (Å²) in [4.78, 5) is 11.8. The fraction of sp³-hybridized carbons (Fsp3) is 0.933. The van der Waals surface area contributed by atoms with Crippen molar-refractivity contribution in [2.45, 2.75) is 83.5 Å². The zero-order valence-corrected chi connectivity index (χ0v) is 12.7. The van der Waals surface area contributed by atoms with Crippen LogP contribution < -0.4 is 10.6 Å². The fourth-order valence-corrected chi connectivity index (χ4v) is 2.80. The van der Waals surface area contributed by atoms with Crippen LogP contribution in [0.25, 0.3) is 0 Å². The molecule has 4 unspecified atom stereocenters. The zero-order chi connectivity index (χ0) is 14.0. The molecule has 0 aromatic heterocycles. The van der Waals surface area contributed by atoms with E-state index in [2.05, 4.69) is 17.6 Å². The van der Waals surface area contributed by atoms with Gasteiger partial charge in [0.2, 0.25) is 0 Å². The highest BCUT2D eigenvalue weighted by atomic mass is 16.6. The largest absolute Gasteiger partial charge is 0.444 e. The lowest BCUT2D eigenvalue weighted by molar-refractivity contribution is 0.0488. The number of carbonyl (C=O) groups is 1. The summed E-state index contributed by atoms with van der Waals surface area (Å²) >= 11 is 0. The number of nitrogens with one attached hydrogen (secondary N) is 2. The van der Waals surface area contributed by atoms with Gasteiger partial charge in [0.1, 0.15) is 5.60 Å². The number of alkyl carbamates (subject to hydrolysis) is 1. The molecule has 0 bridgehead atoms. The van der Waals surface area contributed by atoms with E-state index in [0.717, 1.165) is 18.8 Å². The van der Waals surface area contributed by atoms with Crippen LogP contribution in [-0.4, -0.2) is 29.8 Å². The summed E-state index contributed by atoms with van der Waals surface area (Å²) in [5.41, 5.74) is -0.417. The minimum Gasteiger partial charge on any atom is -0.444 e. The third-order valence-corrected chi connectivity index (χ3v) is 3.95. The average molecular weight is 268 g/mol. The number of ether oxygens (including phenoxy) is 1. The Labute approximate surface area is 116 Å². The monoisotopic (exact) mass is 268 g/mol. The predicted octanol–water partition coefficient (Wildman–Crippen LogP) is 2.82. The topological polar surface area (TPSA) is 50.4 Å². The van der Waals surface area contributed by atoms with Gasteiger partial charge in [0.05, 0.1) is 0 Å². The number of hydrogen-bond donors (Lipinski definition) is 2. The van der Waals surface area contributed by atoms with Gasteiger partial charge in [-0.05, 0) is 58.8 Å². The summed E-state index contributed by atoms with van der Waals surface area (Å²) in [6.07, 6.45) is 5.54. The maximum absolute atomic E-state index is 11.8. The second-order valence-corrected chi connectivity index (χ2v) is 7.19. The van der Waals surface area contributed by atoms with Crippen LogP contribution in [-0.2, 0) is 4.74 Å². The first-order valence-corrected chi connectivity index (χ1v) is 7.59. The number of rotatable bonds is 3. The second kappa shape index (κ2) is 5.70. The Kier molecular flexibility index (Phi) is 4.39. The standard InChI is InChI=1S/C15H28N2O2/c1-10-8-13(10)16-11-6-5-7-12(9-11)17-14(18)19-15(2,3)4/h10-13,16H,5-9H2,1-4H3,(H,17,18). The van der Waals surface area contributed by atoms with Crippen LogP contribution in [0.5, 0.6) is 0 Å². The molecule has 0 aromatic rings. The maximum Gasteiger partial charge on any atom is 0.407 e. The molecule has 19 heavy (non-hydrogen) atoms. The van der Waals surface area contributed by atoms with E-state index in [4.69, 9.17) is 4.74 Å². The van der Waals surface area contributed by atoms with Crippen molar-refractivity contribution in [2.24, 2.45) is 5.92 Å². The first-order valence-electron chi connectivity index (χ1n) is 7.59. The highest BCUT2D eigenvalue weighted by Gasteiger charge is 2.35. The Morgan fingerprint density at radius 1 is 1.16 bits per heavy atom. The van der Waals surface area contributed by atoms with Crippen molar-refractivity contribution in [1.82, 2.24) is 10.6 Å². The molecule has 2 aliphatic rings. The van der Waals surface area contributed by atoms with Crippen LogP contribution >= 0.6 is 0 Å². The van der Waals surface area contributed by atoms with Gasteiger partial charge in [0.25, 0.3) is 0 Å². The summed E-state index contributed by atoms with van der Waals surface area (Å²) in [6, 6.07) is 1.53. The van der Waals surface area contributed by atoms with E-state index in [1.54, 1.807) is 0 Å². The van der Waals surface area contributed by atoms with E-state index in [0.29, 0.717) is 12.1 Å². The van der Waals surface area contributed by atoms with Gasteiger partial charge in [-0.25, -0.2) is 4.79 Å². The Balaban J connectivity index is 1.72. The van der Waals surface area contributed by atoms with E-state index in [9.17, 15) is 4.79 Å². The predicted molar refractivity (Wildman–Crippen MR) is 76.1 cm³/mol. The smallest absolute Gasteiger partial charge is 0.407 e. The molecule has 110 valence electrons. The Bertz CT molecular complexity index is 325. The number of carbonyl (C=O) groups excluding carboxylic acids is 1. The molecule has 4 heteroatoms. The highest BCUT2D eigenvalue weighted by Crippen LogP contribution is 2.31. The van der Waals surface area contributed by atoms with Crippen LogP contribution in [0.4, 0.5) is 4.79 Å². The number of hydrogen-bond acceptors (Lipinski definition) is 3. The molecule has 2 fully saturated rings. The van der Waals surface area contributed by atoms with Crippen molar-refractivity contribution in [2.75, 3.05) is 0 Å². The molecule has 0 heterocycles. The molecule has 1 amide bonds. The lowest BCUT2D eigenvalue weighted by atomic mass is 9.91. The van der Waals surface area contributed by atoms with Crippen molar-refractivity contribution in [3.05, 3.63) is 0 Å². The van der Waals surface area contributed by atoms with E-state index < -0.39 is 5.60 Å². The molecule has 0 aromatic carbocycles. The number of amides is 1. The average Bonchev–Trinajstić information content (AvgIpc) is 2.91. The molecule has 4 nitrogen and oxygen atoms in total. The minimum absolute atomic E-state index is 0.259. The summed E-state index contributed by atoms with van der Waals surface area (Å²) < 4.78 is 5.32. The lowest BCUT2D eigenvalue weighted by Gasteiger charge is -2.31. The summed E-state index contributed by atoms with van der Waals surface area (Å²) in [5.74, 6) is 0.833. The Hall–Kier alpha value is -0.770. The lowest BCUT2D eigenvalue weighted by Crippen LogP contribution is -2.46. The molecular formula is C15H28N2O2. The Morgan fingerprint density at radius 3 is 2.37 bits per heavy atom. The van der Waals surface area contributed by atoms with Crippen LogP contribution in [0.15, 0.2) is 0 Å². The van der Waals surface area contributed by atoms with Gasteiger partial charge in [-0.15, -0.1) is 0 Å². The second-order valence-electron chi connectivity index (χ2n) is 7.19. The van der Waals surface area contributed by atoms with E-state index in [-0.39, 0.29) is 12.1 Å². The van der Waals surface area contributed by atoms with Crippen molar-refractivity contribution in [3.8, 4) is 0 Å². The SMILES string of the molecule is CC1CC1NC1CCCC(NC(=O)OC(C)(C)C)C1. The first kappa shape index (κ1) is 14.6. The molecule has 0 spiro atoms. The Morgan fingerprint density at radius 2 is 1.79 bits per heavy atom. The van der Waals surface area contributed by atoms with Crippen molar-refractivity contribution in [1.29, 1.82) is 0 Å². The third kappa shape index (κ3) is 5.01. The molecule has 2 N–H and O–H groups in total. The normalized spacial score (nSPS) is 34.7. The van der Waals surface area contributed by atoms with Crippen LogP contribution in [0.2, 0.25) is 0 Å². The van der Waals surface area contributed by atoms with Crippen molar-refractivity contribution < 1.29 is 9.53 Å². The minimum atomic E-state index is -0.417. The van der Waals surface area contributed by atoms with Gasteiger partial charge >= 0.3 is 6.09 Å². The fourth-order valence-electron chi connectivity index (χ4n) is 2.80. The molecule has 0 saturated heterocycles. The van der Waals surface area contributed by atoms with Crippen molar-refractivity contribution in [3.63, 3.8) is 0 Å². The van der Waals surface area contributed by atoms with Crippen LogP contribution in [0.1, 0.15) is 59.8 Å². The van der Waals surface area contributed by atoms with Gasteiger partial charge in [0, 0.05) is 18.1 Å². The highest BCUT2D eigenvalue weighted by molar-refractivity contribution is 5.68. The van der Waals surface area contributed by atoms with Crippen molar-refractivity contribution >= 4 is 6.09 Å². The van der Waals surface area contributed by atoms with E-state index in [1.807, 2.05) is 20.8 Å². The summed E-state index contributed by atoms with van der Waals surface area (Å²) in [6.45, 7) is 7.97. The first-order chi connectivity index (χ1) is 8.83. The molecule has 0 radical (unpaired) electrons. The molecular weight excluding hydrogens is 240 g/mol. The van der Waals surface area contributed by atoms with E-state index in [1.165, 1.54) is 19.3 Å². The molecule has 2 aliphatic carbocycles. The third-order valence-electron chi connectivity index (χ3n) is 3.95. The van der Waals surface area contributed by atoms with Gasteiger partial charge in [-0.3, -0.25) is 0 Å². The summed E-state index contributed by atoms with van der Waals surface area (Å²) in [5, 5.41) is 6.71. The maximum atomic E-state index is 11.8. The van der Waals surface area contributed by atoms with Gasteiger partial charge in [-0.2, -0.15) is 0 Å². The van der Waals surface area contributed by atoms with Gasteiger partial charge in [0.15, 0.2) is 0 Å². The van der Waals surface area contributed by atoms with E-state index >= 15 is 0 Å². The molecule has 2 rings (SSSR count). The molecule has 4 atom stereocenters. The molecule has 0 aliphatic heterocycles. The van der Waals surface area contributed by atoms with Crippen LogP contribution in [0.3, 0.4) is 0 Å². The molecule has 2 saturated carbocycles. The summed E-state index contributed by atoms with van der Waals surface area (Å²) in [7, 11) is 0. The van der Waals surface area contributed by atoms with Gasteiger partial charge < -0.3 is 15.4 Å². The van der Waals surface area contributed by atoms with Crippen LogP contribution in [0, 0.1) is 5.92 Å². The van der Waals surface area contributed by atoms with Gasteiger partial charge in [-0.1, -0.05) is 6.92 Å². The quantitative estimate of drug-likeness (QED) is 0.827. The zero-order valence-electron chi connectivity index (χ0n) is 12.7.